The molecule has 1 aliphatic rings. The van der Waals surface area contributed by atoms with Gasteiger partial charge in [-0.2, -0.15) is 9.78 Å². The highest BCUT2D eigenvalue weighted by molar-refractivity contribution is 5.06. The minimum atomic E-state index is -0.846. The second kappa shape index (κ2) is 14.0. The van der Waals surface area contributed by atoms with Gasteiger partial charge in [-0.3, -0.25) is 0 Å². The summed E-state index contributed by atoms with van der Waals surface area (Å²) < 4.78 is 0. The van der Waals surface area contributed by atoms with Crippen LogP contribution in [-0.2, 0) is 19.6 Å². The van der Waals surface area contributed by atoms with Gasteiger partial charge in [-0.15, -0.1) is 5.92 Å². The lowest BCUT2D eigenvalue weighted by Crippen LogP contribution is -2.48. The van der Waals surface area contributed by atoms with Gasteiger partial charge in [0.1, 0.15) is 0 Å². The molecule has 32 heavy (non-hydrogen) atoms. The second-order valence-electron chi connectivity index (χ2n) is 12.9. The van der Waals surface area contributed by atoms with Gasteiger partial charge in [-0.25, -0.2) is 9.78 Å². The van der Waals surface area contributed by atoms with Crippen LogP contribution in [0.1, 0.15) is 136 Å². The van der Waals surface area contributed by atoms with Crippen LogP contribution in [0.3, 0.4) is 0 Å². The molecule has 4 nitrogen and oxygen atoms in total. The molecule has 0 saturated heterocycles. The Balaban J connectivity index is 0. The van der Waals surface area contributed by atoms with E-state index in [1.165, 1.54) is 6.42 Å². The first-order valence-corrected chi connectivity index (χ1v) is 12.4. The summed E-state index contributed by atoms with van der Waals surface area (Å²) in [5, 5.41) is 0. The summed E-state index contributed by atoms with van der Waals surface area (Å²) in [6, 6.07) is 0. The third kappa shape index (κ3) is 20.0. The quantitative estimate of drug-likeness (QED) is 0.183. The van der Waals surface area contributed by atoms with Crippen molar-refractivity contribution < 1.29 is 19.6 Å². The highest BCUT2D eigenvalue weighted by atomic mass is 17.3. The van der Waals surface area contributed by atoms with E-state index in [2.05, 4.69) is 74.2 Å². The van der Waals surface area contributed by atoms with E-state index in [0.29, 0.717) is 5.92 Å². The smallest absolute Gasteiger partial charge is 0.228 e. The summed E-state index contributed by atoms with van der Waals surface area (Å²) in [6.07, 6.45) is 4.88. The van der Waals surface area contributed by atoms with E-state index in [9.17, 15) is 0 Å². The van der Waals surface area contributed by atoms with Gasteiger partial charge in [0, 0.05) is 24.7 Å². The fourth-order valence-corrected chi connectivity index (χ4v) is 3.32. The van der Waals surface area contributed by atoms with E-state index in [1.807, 2.05) is 41.5 Å². The SMILES string of the molecule is CC1CC(C)(C)CC(OOC(C)(C)C)(OOC(C)(C)C)C1.CCC.CCC#CC(C)(C)C. The molecule has 0 radical (unpaired) electrons. The predicted octanol–water partition coefficient (Wildman–Crippen LogP) is 8.88. The van der Waals surface area contributed by atoms with Crippen molar-refractivity contribution in [3.8, 4) is 11.8 Å². The van der Waals surface area contributed by atoms with Gasteiger partial charge in [-0.1, -0.05) is 53.9 Å². The lowest BCUT2D eigenvalue weighted by molar-refractivity contribution is -0.551. The van der Waals surface area contributed by atoms with Crippen molar-refractivity contribution in [1.29, 1.82) is 0 Å². The molecule has 0 aromatic heterocycles. The van der Waals surface area contributed by atoms with Crippen molar-refractivity contribution in [2.24, 2.45) is 16.7 Å². The topological polar surface area (TPSA) is 36.9 Å². The van der Waals surface area contributed by atoms with Crippen LogP contribution >= 0.6 is 0 Å². The molecular formula is C28H56O4. The molecule has 0 aromatic carbocycles. The van der Waals surface area contributed by atoms with E-state index in [1.54, 1.807) is 0 Å². The third-order valence-electron chi connectivity index (χ3n) is 3.84. The highest BCUT2D eigenvalue weighted by Crippen LogP contribution is 2.47. The van der Waals surface area contributed by atoms with Crippen LogP contribution in [0.2, 0.25) is 0 Å². The van der Waals surface area contributed by atoms with Crippen LogP contribution in [0, 0.1) is 28.6 Å². The minimum Gasteiger partial charge on any atom is -0.228 e. The molecule has 0 bridgehead atoms. The van der Waals surface area contributed by atoms with E-state index in [0.717, 1.165) is 25.7 Å². The maximum absolute atomic E-state index is 5.79. The van der Waals surface area contributed by atoms with E-state index >= 15 is 0 Å². The Morgan fingerprint density at radius 3 is 1.44 bits per heavy atom. The molecule has 1 unspecified atom stereocenters. The Hall–Kier alpha value is -0.600. The van der Waals surface area contributed by atoms with E-state index < -0.39 is 5.79 Å². The summed E-state index contributed by atoms with van der Waals surface area (Å²) in [4.78, 5) is 22.7. The molecule has 0 aromatic rings. The van der Waals surface area contributed by atoms with Crippen molar-refractivity contribution in [3.63, 3.8) is 0 Å². The molecule has 0 aliphatic heterocycles. The van der Waals surface area contributed by atoms with Crippen LogP contribution in [0.5, 0.6) is 0 Å². The van der Waals surface area contributed by atoms with E-state index in [4.69, 9.17) is 19.6 Å². The monoisotopic (exact) mass is 456 g/mol. The van der Waals surface area contributed by atoms with Gasteiger partial charge in [-0.05, 0) is 80.1 Å². The molecule has 1 saturated carbocycles. The molecule has 0 N–H and O–H groups in total. The molecular weight excluding hydrogens is 400 g/mol. The number of hydrogen-bond acceptors (Lipinski definition) is 4. The van der Waals surface area contributed by atoms with Crippen molar-refractivity contribution >= 4 is 0 Å². The molecule has 1 fully saturated rings. The summed E-state index contributed by atoms with van der Waals surface area (Å²) in [5.41, 5.74) is -0.456. The zero-order valence-corrected chi connectivity index (χ0v) is 24.2. The number of rotatable bonds is 4. The van der Waals surface area contributed by atoms with Crippen LogP contribution in [0.4, 0.5) is 0 Å². The Labute approximate surface area is 201 Å². The highest BCUT2D eigenvalue weighted by Gasteiger charge is 2.48. The Morgan fingerprint density at radius 2 is 1.19 bits per heavy atom. The average molecular weight is 457 g/mol. The van der Waals surface area contributed by atoms with Gasteiger partial charge < -0.3 is 0 Å². The van der Waals surface area contributed by atoms with Gasteiger partial charge in [0.2, 0.25) is 5.79 Å². The van der Waals surface area contributed by atoms with Crippen molar-refractivity contribution in [2.75, 3.05) is 0 Å². The second-order valence-corrected chi connectivity index (χ2v) is 12.9. The maximum atomic E-state index is 5.79. The minimum absolute atomic E-state index is 0.125. The molecule has 4 heteroatoms. The fraction of sp³-hybridized carbons (Fsp3) is 0.929. The van der Waals surface area contributed by atoms with Crippen LogP contribution in [0.15, 0.2) is 0 Å². The van der Waals surface area contributed by atoms with Crippen molar-refractivity contribution in [3.05, 3.63) is 0 Å². The zero-order valence-electron chi connectivity index (χ0n) is 24.2. The lowest BCUT2D eigenvalue weighted by Gasteiger charge is -2.46. The zero-order chi connectivity index (χ0) is 25.9. The predicted molar refractivity (Wildman–Crippen MR) is 137 cm³/mol. The molecule has 0 heterocycles. The summed E-state index contributed by atoms with van der Waals surface area (Å²) in [5.74, 6) is 5.80. The lowest BCUT2D eigenvalue weighted by atomic mass is 9.70. The summed E-state index contributed by atoms with van der Waals surface area (Å²) >= 11 is 0. The Morgan fingerprint density at radius 1 is 0.781 bits per heavy atom. The Bertz CT molecular complexity index is 529. The Kier molecular flexibility index (Phi) is 14.6. The third-order valence-corrected chi connectivity index (χ3v) is 3.84. The largest absolute Gasteiger partial charge is 0.234 e. The van der Waals surface area contributed by atoms with Crippen LogP contribution in [0.25, 0.3) is 0 Å². The first kappa shape index (κ1) is 33.6. The van der Waals surface area contributed by atoms with Crippen molar-refractivity contribution in [2.45, 2.75) is 153 Å². The standard InChI is InChI=1S/C17H34O4.C8H14.C3H8/c1-13-10-16(8,9)12-17(11-13,20-18-14(2,3)4)21-19-15(5,6)7;1-5-6-7-8(2,3)4;1-3-2/h13H,10-12H2,1-9H3;5H2,1-4H3;3H2,1-2H3. The van der Waals surface area contributed by atoms with Crippen molar-refractivity contribution in [1.82, 2.24) is 0 Å². The number of hydrogen-bond donors (Lipinski definition) is 0. The summed E-state index contributed by atoms with van der Waals surface area (Å²) in [6.45, 7) is 31.1. The first-order valence-electron chi connectivity index (χ1n) is 12.4. The van der Waals surface area contributed by atoms with Gasteiger partial charge >= 0.3 is 0 Å². The molecule has 1 aliphatic carbocycles. The normalized spacial score (nSPS) is 20.0. The van der Waals surface area contributed by atoms with Gasteiger partial charge in [0.05, 0.1) is 11.2 Å². The first-order chi connectivity index (χ1) is 14.2. The maximum Gasteiger partial charge on any atom is 0.234 e. The molecule has 1 atom stereocenters. The fourth-order valence-electron chi connectivity index (χ4n) is 3.32. The van der Waals surface area contributed by atoms with Gasteiger partial charge in [0.25, 0.3) is 0 Å². The van der Waals surface area contributed by atoms with Gasteiger partial charge in [0.15, 0.2) is 0 Å². The average Bonchev–Trinajstić information content (AvgIpc) is 2.54. The molecule has 192 valence electrons. The molecule has 0 amide bonds. The van der Waals surface area contributed by atoms with Crippen LogP contribution in [-0.4, -0.2) is 17.0 Å². The summed E-state index contributed by atoms with van der Waals surface area (Å²) in [7, 11) is 0. The van der Waals surface area contributed by atoms with Crippen LogP contribution < -0.4 is 0 Å². The van der Waals surface area contributed by atoms with E-state index in [-0.39, 0.29) is 22.0 Å². The molecule has 1 rings (SSSR count). The molecule has 0 spiro atoms.